The fraction of sp³-hybridized carbons (Fsp3) is 0.350. The van der Waals surface area contributed by atoms with Crippen LogP contribution < -0.4 is 11.1 Å². The van der Waals surface area contributed by atoms with Crippen LogP contribution in [0.25, 0.3) is 44.3 Å². The molecule has 6 rings (SSSR count). The van der Waals surface area contributed by atoms with Gasteiger partial charge in [0.1, 0.15) is 0 Å². The van der Waals surface area contributed by atoms with Crippen molar-refractivity contribution in [3.63, 3.8) is 0 Å². The molecule has 0 N–H and O–H groups in total. The standard InChI is InChI=1S/C40H44N2O2/c1-3-5-7-9-17-23-31-35-27-25-33(29-19-13-11-14-20-29)41(35)40(44)38-32(24-18-10-8-6-4-2)36-28-26-34(30-21-15-12-16-22-30)42(36)39(43)37(31)38/h11-16,19-22,25-28H,3-10,17-18,23-24H2,1-2H3. The minimum atomic E-state index is -0.0702. The third kappa shape index (κ3) is 5.58. The molecule has 0 fully saturated rings. The highest BCUT2D eigenvalue weighted by Crippen LogP contribution is 2.33. The Labute approximate surface area is 260 Å². The molecule has 0 aliphatic rings. The van der Waals surface area contributed by atoms with E-state index in [0.29, 0.717) is 10.8 Å². The van der Waals surface area contributed by atoms with Gasteiger partial charge in [0.05, 0.1) is 33.2 Å². The highest BCUT2D eigenvalue weighted by molar-refractivity contribution is 5.97. The van der Waals surface area contributed by atoms with Crippen LogP contribution in [-0.4, -0.2) is 8.80 Å². The Hall–Kier alpha value is -4.18. The highest BCUT2D eigenvalue weighted by Gasteiger charge is 2.24. The number of rotatable bonds is 14. The predicted octanol–water partition coefficient (Wildman–Crippen LogP) is 9.86. The van der Waals surface area contributed by atoms with Crippen molar-refractivity contribution in [2.45, 2.75) is 90.9 Å². The van der Waals surface area contributed by atoms with E-state index in [1.807, 2.05) is 45.2 Å². The van der Waals surface area contributed by atoms with Crippen molar-refractivity contribution in [2.24, 2.45) is 0 Å². The van der Waals surface area contributed by atoms with Crippen LogP contribution in [0.5, 0.6) is 0 Å². The van der Waals surface area contributed by atoms with Gasteiger partial charge in [-0.05, 0) is 72.2 Å². The van der Waals surface area contributed by atoms with E-state index in [0.717, 1.165) is 83.2 Å². The first-order valence-electron chi connectivity index (χ1n) is 16.8. The molecule has 4 aromatic heterocycles. The van der Waals surface area contributed by atoms with Crippen LogP contribution >= 0.6 is 0 Å². The zero-order valence-electron chi connectivity index (χ0n) is 26.3. The van der Waals surface area contributed by atoms with Crippen molar-refractivity contribution in [3.05, 3.63) is 117 Å². The Morgan fingerprint density at radius 1 is 0.455 bits per heavy atom. The zero-order valence-corrected chi connectivity index (χ0v) is 26.3. The van der Waals surface area contributed by atoms with Gasteiger partial charge in [-0.1, -0.05) is 126 Å². The third-order valence-electron chi connectivity index (χ3n) is 9.27. The van der Waals surface area contributed by atoms with E-state index in [1.165, 1.54) is 38.5 Å². The Bertz CT molecular complexity index is 1820. The second kappa shape index (κ2) is 13.6. The van der Waals surface area contributed by atoms with Gasteiger partial charge in [-0.3, -0.25) is 18.4 Å². The van der Waals surface area contributed by atoms with E-state index >= 15 is 0 Å². The topological polar surface area (TPSA) is 43.0 Å². The van der Waals surface area contributed by atoms with Crippen LogP contribution in [0.2, 0.25) is 0 Å². The Morgan fingerprint density at radius 2 is 0.841 bits per heavy atom. The van der Waals surface area contributed by atoms with Crippen molar-refractivity contribution >= 4 is 21.8 Å². The quantitative estimate of drug-likeness (QED) is 0.120. The van der Waals surface area contributed by atoms with E-state index < -0.39 is 0 Å². The molecule has 0 saturated carbocycles. The van der Waals surface area contributed by atoms with Crippen LogP contribution in [0.1, 0.15) is 89.2 Å². The maximum Gasteiger partial charge on any atom is 0.264 e. The smallest absolute Gasteiger partial charge is 0.264 e. The molecule has 4 heterocycles. The normalized spacial score (nSPS) is 11.8. The average molecular weight is 585 g/mol. The van der Waals surface area contributed by atoms with Gasteiger partial charge in [0.15, 0.2) is 0 Å². The summed E-state index contributed by atoms with van der Waals surface area (Å²) in [6.07, 6.45) is 13.0. The molecule has 0 spiro atoms. The molecule has 0 aliphatic heterocycles. The molecular weight excluding hydrogens is 540 g/mol. The summed E-state index contributed by atoms with van der Waals surface area (Å²) < 4.78 is 3.80. The van der Waals surface area contributed by atoms with E-state index in [1.54, 1.807) is 0 Å². The van der Waals surface area contributed by atoms with Gasteiger partial charge in [0.2, 0.25) is 0 Å². The molecule has 0 bridgehead atoms. The summed E-state index contributed by atoms with van der Waals surface area (Å²) in [5, 5.41) is 1.25. The Kier molecular flexibility index (Phi) is 9.26. The Morgan fingerprint density at radius 3 is 1.23 bits per heavy atom. The summed E-state index contributed by atoms with van der Waals surface area (Å²) in [7, 11) is 0. The summed E-state index contributed by atoms with van der Waals surface area (Å²) in [6, 6.07) is 28.6. The second-order valence-corrected chi connectivity index (χ2v) is 12.3. The molecule has 0 unspecified atom stereocenters. The molecular formula is C40H44N2O2. The molecule has 2 aromatic carbocycles. The minimum Gasteiger partial charge on any atom is -0.276 e. The maximum atomic E-state index is 14.8. The SMILES string of the molecule is CCCCCCCc1c2c(=O)n3c(-c4ccccc4)ccc3c(CCCCCCC)c2c(=O)n2c(-c3ccccc3)ccc12. The van der Waals surface area contributed by atoms with Crippen molar-refractivity contribution in [3.8, 4) is 22.5 Å². The first-order chi connectivity index (χ1) is 21.7. The molecule has 44 heavy (non-hydrogen) atoms. The molecule has 0 amide bonds. The molecule has 4 heteroatoms. The Balaban J connectivity index is 1.66. The fourth-order valence-corrected chi connectivity index (χ4v) is 7.02. The van der Waals surface area contributed by atoms with Gasteiger partial charge in [-0.15, -0.1) is 0 Å². The van der Waals surface area contributed by atoms with E-state index in [2.05, 4.69) is 62.4 Å². The molecule has 0 radical (unpaired) electrons. The van der Waals surface area contributed by atoms with Gasteiger partial charge >= 0.3 is 0 Å². The first-order valence-corrected chi connectivity index (χ1v) is 16.8. The number of aryl methyl sites for hydroxylation is 2. The summed E-state index contributed by atoms with van der Waals surface area (Å²) >= 11 is 0. The summed E-state index contributed by atoms with van der Waals surface area (Å²) in [6.45, 7) is 4.46. The molecule has 0 saturated heterocycles. The number of benzene rings is 2. The summed E-state index contributed by atoms with van der Waals surface area (Å²) in [4.78, 5) is 29.5. The van der Waals surface area contributed by atoms with Crippen molar-refractivity contribution in [1.29, 1.82) is 0 Å². The molecule has 6 aromatic rings. The van der Waals surface area contributed by atoms with E-state index in [9.17, 15) is 9.59 Å². The minimum absolute atomic E-state index is 0.0702. The first kappa shape index (κ1) is 29.9. The number of hydrogen-bond acceptors (Lipinski definition) is 2. The lowest BCUT2D eigenvalue weighted by atomic mass is 9.95. The lowest BCUT2D eigenvalue weighted by Crippen LogP contribution is -2.25. The van der Waals surface area contributed by atoms with Gasteiger partial charge in [-0.25, -0.2) is 0 Å². The van der Waals surface area contributed by atoms with Gasteiger partial charge < -0.3 is 0 Å². The van der Waals surface area contributed by atoms with Gasteiger partial charge in [0.25, 0.3) is 11.1 Å². The van der Waals surface area contributed by atoms with Crippen molar-refractivity contribution in [1.82, 2.24) is 8.80 Å². The van der Waals surface area contributed by atoms with Crippen molar-refractivity contribution < 1.29 is 0 Å². The largest absolute Gasteiger partial charge is 0.276 e. The molecule has 0 aliphatic carbocycles. The van der Waals surface area contributed by atoms with E-state index in [-0.39, 0.29) is 11.1 Å². The third-order valence-corrected chi connectivity index (χ3v) is 9.27. The molecule has 0 atom stereocenters. The predicted molar refractivity (Wildman–Crippen MR) is 185 cm³/mol. The van der Waals surface area contributed by atoms with Crippen LogP contribution in [0.4, 0.5) is 0 Å². The van der Waals surface area contributed by atoms with Gasteiger partial charge in [-0.2, -0.15) is 0 Å². The number of pyridine rings is 2. The number of hydrogen-bond donors (Lipinski definition) is 0. The van der Waals surface area contributed by atoms with Crippen LogP contribution in [0, 0.1) is 0 Å². The number of nitrogens with zero attached hydrogens (tertiary/aromatic N) is 2. The highest BCUT2D eigenvalue weighted by atomic mass is 16.1. The number of aromatic nitrogens is 2. The molecule has 4 nitrogen and oxygen atoms in total. The number of unbranched alkanes of at least 4 members (excludes halogenated alkanes) is 8. The fourth-order valence-electron chi connectivity index (χ4n) is 7.02. The maximum absolute atomic E-state index is 14.8. The van der Waals surface area contributed by atoms with Gasteiger partial charge in [0, 0.05) is 0 Å². The zero-order chi connectivity index (χ0) is 30.5. The summed E-state index contributed by atoms with van der Waals surface area (Å²) in [5.74, 6) is 0. The lowest BCUT2D eigenvalue weighted by molar-refractivity contribution is 0.632. The monoisotopic (exact) mass is 584 g/mol. The van der Waals surface area contributed by atoms with E-state index in [4.69, 9.17) is 0 Å². The second-order valence-electron chi connectivity index (χ2n) is 12.3. The average Bonchev–Trinajstić information content (AvgIpc) is 3.70. The van der Waals surface area contributed by atoms with Crippen LogP contribution in [-0.2, 0) is 12.8 Å². The number of fused-ring (bicyclic) bond motifs is 3. The van der Waals surface area contributed by atoms with Crippen molar-refractivity contribution in [2.75, 3.05) is 0 Å². The van der Waals surface area contributed by atoms with Crippen LogP contribution in [0.15, 0.2) is 94.5 Å². The lowest BCUT2D eigenvalue weighted by Gasteiger charge is -2.16. The summed E-state index contributed by atoms with van der Waals surface area (Å²) in [5.41, 5.74) is 7.44. The van der Waals surface area contributed by atoms with Crippen LogP contribution in [0.3, 0.4) is 0 Å². The molecule has 226 valence electrons.